The number of rotatable bonds is 9. The van der Waals surface area contributed by atoms with Crippen LogP contribution in [-0.4, -0.2) is 64.4 Å². The van der Waals surface area contributed by atoms with Gasteiger partial charge in [-0.25, -0.2) is 0 Å². The minimum Gasteiger partial charge on any atom is -0.336 e. The summed E-state index contributed by atoms with van der Waals surface area (Å²) in [6, 6.07) is 41.7. The van der Waals surface area contributed by atoms with Gasteiger partial charge in [0.15, 0.2) is 5.78 Å². The summed E-state index contributed by atoms with van der Waals surface area (Å²) in [6.45, 7) is 2.56. The molecule has 0 radical (unpaired) electrons. The third kappa shape index (κ3) is 6.66. The SMILES string of the molecule is CN(C)CCC(=O)N1CC(=Cc2cc3ccccc3n2Cc2ccccc2)C(=O)C(=Cc2cc3ccccc3n2Cc2ccccc2)C1. The molecule has 48 heavy (non-hydrogen) atoms. The second-order valence-electron chi connectivity index (χ2n) is 12.9. The number of fused-ring (bicyclic) bond motifs is 2. The van der Waals surface area contributed by atoms with Crippen LogP contribution in [0.2, 0.25) is 0 Å². The molecule has 0 N–H and O–H groups in total. The Morgan fingerprint density at radius 2 is 1.08 bits per heavy atom. The van der Waals surface area contributed by atoms with Crippen molar-refractivity contribution in [3.63, 3.8) is 0 Å². The van der Waals surface area contributed by atoms with Gasteiger partial charge in [-0.15, -0.1) is 0 Å². The highest BCUT2D eigenvalue weighted by atomic mass is 16.2. The zero-order valence-corrected chi connectivity index (χ0v) is 27.5. The maximum Gasteiger partial charge on any atom is 0.224 e. The Hall–Kier alpha value is -5.46. The number of nitrogens with zero attached hydrogens (tertiary/aromatic N) is 4. The van der Waals surface area contributed by atoms with Gasteiger partial charge in [0, 0.05) is 83.5 Å². The molecule has 1 aliphatic heterocycles. The predicted octanol–water partition coefficient (Wildman–Crippen LogP) is 7.52. The number of likely N-dealkylation sites (tertiary alicyclic amines) is 1. The highest BCUT2D eigenvalue weighted by molar-refractivity contribution is 6.15. The van der Waals surface area contributed by atoms with E-state index in [4.69, 9.17) is 0 Å². The number of benzene rings is 4. The Morgan fingerprint density at radius 3 is 1.54 bits per heavy atom. The first-order chi connectivity index (χ1) is 23.4. The normalized spacial score (nSPS) is 15.4. The van der Waals surface area contributed by atoms with Crippen LogP contribution in [0.15, 0.2) is 132 Å². The summed E-state index contributed by atoms with van der Waals surface area (Å²) in [6.07, 6.45) is 4.40. The highest BCUT2D eigenvalue weighted by Gasteiger charge is 2.30. The van der Waals surface area contributed by atoms with E-state index in [0.29, 0.717) is 37.2 Å². The molecule has 240 valence electrons. The maximum absolute atomic E-state index is 14.4. The van der Waals surface area contributed by atoms with Gasteiger partial charge >= 0.3 is 0 Å². The molecule has 1 saturated heterocycles. The molecule has 1 fully saturated rings. The Morgan fingerprint density at radius 1 is 0.646 bits per heavy atom. The van der Waals surface area contributed by atoms with Crippen molar-refractivity contribution in [2.45, 2.75) is 19.5 Å². The summed E-state index contributed by atoms with van der Waals surface area (Å²) < 4.78 is 4.53. The number of amides is 1. The monoisotopic (exact) mass is 632 g/mol. The van der Waals surface area contributed by atoms with Gasteiger partial charge in [-0.1, -0.05) is 97.1 Å². The van der Waals surface area contributed by atoms with Crippen molar-refractivity contribution in [1.82, 2.24) is 18.9 Å². The lowest BCUT2D eigenvalue weighted by Crippen LogP contribution is -2.42. The third-order valence-electron chi connectivity index (χ3n) is 9.13. The third-order valence-corrected chi connectivity index (χ3v) is 9.13. The molecule has 0 unspecified atom stereocenters. The summed E-state index contributed by atoms with van der Waals surface area (Å²) in [5.41, 5.74) is 7.71. The summed E-state index contributed by atoms with van der Waals surface area (Å²) in [5, 5.41) is 2.23. The van der Waals surface area contributed by atoms with Crippen LogP contribution in [0.5, 0.6) is 0 Å². The number of carbonyl (C=O) groups excluding carboxylic acids is 2. The Labute approximate surface area is 281 Å². The first-order valence-corrected chi connectivity index (χ1v) is 16.6. The van der Waals surface area contributed by atoms with E-state index in [0.717, 1.165) is 33.2 Å². The molecule has 7 rings (SSSR count). The summed E-state index contributed by atoms with van der Waals surface area (Å²) in [4.78, 5) is 31.9. The van der Waals surface area contributed by atoms with Crippen LogP contribution in [0.1, 0.15) is 28.9 Å². The minimum atomic E-state index is -0.0142. The van der Waals surface area contributed by atoms with E-state index in [1.807, 2.05) is 72.4 Å². The van der Waals surface area contributed by atoms with Crippen LogP contribution >= 0.6 is 0 Å². The molecule has 6 nitrogen and oxygen atoms in total. The second kappa shape index (κ2) is 13.7. The number of piperidine rings is 1. The van der Waals surface area contributed by atoms with Gasteiger partial charge in [0.2, 0.25) is 5.91 Å². The van der Waals surface area contributed by atoms with Crippen molar-refractivity contribution < 1.29 is 9.59 Å². The molecule has 1 aliphatic rings. The molecule has 1 amide bonds. The first kappa shape index (κ1) is 31.2. The van der Waals surface area contributed by atoms with E-state index >= 15 is 0 Å². The van der Waals surface area contributed by atoms with Crippen LogP contribution in [0, 0.1) is 0 Å². The van der Waals surface area contributed by atoms with Gasteiger partial charge in [-0.3, -0.25) is 9.59 Å². The molecule has 0 atom stereocenters. The molecule has 3 heterocycles. The van der Waals surface area contributed by atoms with Crippen LogP contribution < -0.4 is 0 Å². The number of aromatic nitrogens is 2. The summed E-state index contributed by atoms with van der Waals surface area (Å²) >= 11 is 0. The zero-order chi connectivity index (χ0) is 33.0. The second-order valence-corrected chi connectivity index (χ2v) is 12.9. The van der Waals surface area contributed by atoms with E-state index in [2.05, 4.69) is 94.1 Å². The fourth-order valence-electron chi connectivity index (χ4n) is 6.64. The number of carbonyl (C=O) groups is 2. The van der Waals surface area contributed by atoms with Crippen molar-refractivity contribution in [3.8, 4) is 0 Å². The molecule has 0 bridgehead atoms. The average molecular weight is 633 g/mol. The van der Waals surface area contributed by atoms with Crippen molar-refractivity contribution in [2.24, 2.45) is 0 Å². The topological polar surface area (TPSA) is 50.5 Å². The van der Waals surface area contributed by atoms with Crippen LogP contribution in [-0.2, 0) is 22.7 Å². The first-order valence-electron chi connectivity index (χ1n) is 16.6. The number of hydrogen-bond donors (Lipinski definition) is 0. The molecular weight excluding hydrogens is 592 g/mol. The van der Waals surface area contributed by atoms with Gasteiger partial charge in [-0.2, -0.15) is 0 Å². The number of Topliss-reactive ketones (excluding diaryl/α,β-unsaturated/α-hetero) is 1. The Bertz CT molecular complexity index is 2010. The predicted molar refractivity (Wildman–Crippen MR) is 196 cm³/mol. The largest absolute Gasteiger partial charge is 0.336 e. The number of ketones is 1. The van der Waals surface area contributed by atoms with Gasteiger partial charge in [0.1, 0.15) is 0 Å². The van der Waals surface area contributed by atoms with E-state index in [9.17, 15) is 9.59 Å². The molecule has 0 aliphatic carbocycles. The minimum absolute atomic E-state index is 0.0142. The fourth-order valence-corrected chi connectivity index (χ4v) is 6.64. The molecular formula is C42H40N4O2. The van der Waals surface area contributed by atoms with Crippen molar-refractivity contribution in [1.29, 1.82) is 0 Å². The molecule has 4 aromatic carbocycles. The zero-order valence-electron chi connectivity index (χ0n) is 27.5. The van der Waals surface area contributed by atoms with Crippen molar-refractivity contribution >= 4 is 45.6 Å². The number of hydrogen-bond acceptors (Lipinski definition) is 3. The quantitative estimate of drug-likeness (QED) is 0.155. The number of para-hydroxylation sites is 2. The van der Waals surface area contributed by atoms with Crippen molar-refractivity contribution in [2.75, 3.05) is 33.7 Å². The molecule has 0 spiro atoms. The maximum atomic E-state index is 14.4. The smallest absolute Gasteiger partial charge is 0.224 e. The Kier molecular flexibility index (Phi) is 8.91. The molecule has 6 aromatic rings. The molecule has 2 aromatic heterocycles. The van der Waals surface area contributed by atoms with E-state index in [1.54, 1.807) is 0 Å². The van der Waals surface area contributed by atoms with E-state index < -0.39 is 0 Å². The summed E-state index contributed by atoms with van der Waals surface area (Å²) in [5.74, 6) is 0.0300. The van der Waals surface area contributed by atoms with Crippen molar-refractivity contribution in [3.05, 3.63) is 155 Å². The fraction of sp³-hybridized carbons (Fsp3) is 0.190. The van der Waals surface area contributed by atoms with Gasteiger partial charge < -0.3 is 18.9 Å². The molecule has 6 heteroatoms. The van der Waals surface area contributed by atoms with E-state index in [1.165, 1.54) is 11.1 Å². The van der Waals surface area contributed by atoms with Crippen LogP contribution in [0.4, 0.5) is 0 Å². The standard InChI is InChI=1S/C42H40N4O2/c1-43(2)22-21-41(47)44-29-35(25-37-23-33-17-9-11-19-39(33)45(37)27-31-13-5-3-6-14-31)42(48)36(30-44)26-38-24-34-18-10-12-20-40(34)46(38)28-32-15-7-4-8-16-32/h3-20,23-26H,21-22,27-30H2,1-2H3. The van der Waals surface area contributed by atoms with E-state index in [-0.39, 0.29) is 24.8 Å². The Balaban J connectivity index is 1.32. The van der Waals surface area contributed by atoms with Gasteiger partial charge in [0.05, 0.1) is 0 Å². The van der Waals surface area contributed by atoms with Crippen LogP contribution in [0.3, 0.4) is 0 Å². The highest BCUT2D eigenvalue weighted by Crippen LogP contribution is 2.29. The molecule has 0 saturated carbocycles. The lowest BCUT2D eigenvalue weighted by Gasteiger charge is -2.30. The van der Waals surface area contributed by atoms with Gasteiger partial charge in [0.25, 0.3) is 0 Å². The van der Waals surface area contributed by atoms with Gasteiger partial charge in [-0.05, 0) is 61.6 Å². The summed E-state index contributed by atoms with van der Waals surface area (Å²) in [7, 11) is 3.95. The lowest BCUT2D eigenvalue weighted by atomic mass is 9.95. The average Bonchev–Trinajstić information content (AvgIpc) is 3.63. The lowest BCUT2D eigenvalue weighted by molar-refractivity contribution is -0.131. The van der Waals surface area contributed by atoms with Crippen LogP contribution in [0.25, 0.3) is 34.0 Å².